The number of hydrogen-bond acceptors (Lipinski definition) is 2. The van der Waals surface area contributed by atoms with Gasteiger partial charge in [-0.05, 0) is 0 Å². The van der Waals surface area contributed by atoms with E-state index in [9.17, 15) is 0 Å². The predicted octanol–water partition coefficient (Wildman–Crippen LogP) is 6.81. The second-order valence-corrected chi connectivity index (χ2v) is 14.1. The molecule has 2 aromatic heterocycles. The molecule has 44 heavy (non-hydrogen) atoms. The number of fused-ring (bicyclic) bond motifs is 13. The second kappa shape index (κ2) is 9.21. The Morgan fingerprint density at radius 2 is 1.23 bits per heavy atom. The molecule has 1 aliphatic rings. The van der Waals surface area contributed by atoms with Crippen molar-refractivity contribution in [1.29, 1.82) is 0 Å². The van der Waals surface area contributed by atoms with Gasteiger partial charge in [0.05, 0.1) is 0 Å². The van der Waals surface area contributed by atoms with E-state index in [2.05, 4.69) is 144 Å². The third-order valence-electron chi connectivity index (χ3n) is 8.93. The van der Waals surface area contributed by atoms with E-state index in [1.165, 1.54) is 50.7 Å². The van der Waals surface area contributed by atoms with E-state index in [1.54, 1.807) is 0 Å². The molecule has 3 nitrogen and oxygen atoms in total. The van der Waals surface area contributed by atoms with E-state index in [-0.39, 0.29) is 0 Å². The van der Waals surface area contributed by atoms with Crippen LogP contribution in [0.15, 0.2) is 140 Å². The molecule has 0 aliphatic carbocycles. The fraction of sp³-hybridized carbons (Fsp3) is 0. The average molecular weight is 673 g/mol. The Morgan fingerprint density at radius 1 is 0.523 bits per heavy atom. The number of rotatable bonds is 2. The zero-order chi connectivity index (χ0) is 28.8. The quantitative estimate of drug-likeness (QED) is 0.149. The Morgan fingerprint density at radius 3 is 2.11 bits per heavy atom. The first-order chi connectivity index (χ1) is 21.8. The number of nitrogens with zero attached hydrogens (tertiary/aromatic N) is 3. The molecular formula is C40H23IN3-. The van der Waals surface area contributed by atoms with Gasteiger partial charge in [-0.15, -0.1) is 0 Å². The first-order valence-corrected chi connectivity index (χ1v) is 17.0. The second-order valence-electron chi connectivity index (χ2n) is 11.3. The Hall–Kier alpha value is -5.07. The zero-order valence-corrected chi connectivity index (χ0v) is 25.7. The van der Waals surface area contributed by atoms with Gasteiger partial charge in [0.15, 0.2) is 0 Å². The molecule has 0 spiro atoms. The Bertz CT molecular complexity index is 2640. The van der Waals surface area contributed by atoms with Crippen LogP contribution >= 0.6 is 0 Å². The third kappa shape index (κ3) is 3.31. The van der Waals surface area contributed by atoms with Crippen molar-refractivity contribution in [3.05, 3.63) is 147 Å². The molecule has 0 amide bonds. The van der Waals surface area contributed by atoms with Crippen LogP contribution in [0.4, 0.5) is 0 Å². The van der Waals surface area contributed by atoms with Gasteiger partial charge < -0.3 is 0 Å². The molecule has 0 unspecified atom stereocenters. The summed E-state index contributed by atoms with van der Waals surface area (Å²) in [5.74, 6) is 0.719. The minimum atomic E-state index is -0.414. The summed E-state index contributed by atoms with van der Waals surface area (Å²) in [6, 6.07) is 50.2. The Balaban J connectivity index is 1.43. The molecule has 0 atom stereocenters. The summed E-state index contributed by atoms with van der Waals surface area (Å²) in [6.07, 6.45) is 0. The topological polar surface area (TPSA) is 30.7 Å². The molecule has 0 bridgehead atoms. The monoisotopic (exact) mass is 672 g/mol. The van der Waals surface area contributed by atoms with Crippen molar-refractivity contribution in [2.24, 2.45) is 0 Å². The zero-order valence-electron chi connectivity index (χ0n) is 23.5. The molecule has 7 aromatic carbocycles. The van der Waals surface area contributed by atoms with Crippen LogP contribution in [0, 0.1) is 7.14 Å². The molecule has 0 fully saturated rings. The van der Waals surface area contributed by atoms with Crippen LogP contribution in [0.2, 0.25) is 0 Å². The standard InChI is InChI=1S/C40H23IN3/c1-2-13-25(14-3-1)37-31-23-22-24-12-4-5-15-26(24)38(31)43-40(42-37)44-33-21-11-9-19-30(33)35-28-17-7-6-16-27(28)34-29-18-8-10-20-32(29)41-36(34)39(35)44/h1-23H/q-1. The summed E-state index contributed by atoms with van der Waals surface area (Å²) in [5, 5.41) is 8.54. The van der Waals surface area contributed by atoms with Gasteiger partial charge in [0.1, 0.15) is 0 Å². The van der Waals surface area contributed by atoms with Crippen molar-refractivity contribution in [3.63, 3.8) is 0 Å². The summed E-state index contributed by atoms with van der Waals surface area (Å²) >= 11 is -0.414. The molecule has 0 radical (unpaired) electrons. The molecule has 4 heteroatoms. The number of halogens is 1. The fourth-order valence-electron chi connectivity index (χ4n) is 7.06. The number of para-hydroxylation sites is 1. The van der Waals surface area contributed by atoms with E-state index in [1.807, 2.05) is 0 Å². The Kier molecular flexibility index (Phi) is 5.11. The van der Waals surface area contributed by atoms with Crippen LogP contribution in [-0.2, 0) is 0 Å². The van der Waals surface area contributed by atoms with Crippen molar-refractivity contribution in [2.45, 2.75) is 0 Å². The van der Waals surface area contributed by atoms with Crippen molar-refractivity contribution in [3.8, 4) is 28.3 Å². The maximum atomic E-state index is 5.45. The summed E-state index contributed by atoms with van der Waals surface area (Å²) in [4.78, 5) is 10.9. The molecule has 10 rings (SSSR count). The van der Waals surface area contributed by atoms with Crippen molar-refractivity contribution in [1.82, 2.24) is 14.5 Å². The molecule has 9 aromatic rings. The van der Waals surface area contributed by atoms with Crippen LogP contribution in [0.5, 0.6) is 0 Å². The summed E-state index contributed by atoms with van der Waals surface area (Å²) in [6.45, 7) is 0. The molecule has 0 saturated carbocycles. The summed E-state index contributed by atoms with van der Waals surface area (Å²) in [7, 11) is 0. The van der Waals surface area contributed by atoms with Crippen LogP contribution in [0.1, 0.15) is 0 Å². The molecule has 0 N–H and O–H groups in total. The first-order valence-electron chi connectivity index (χ1n) is 14.8. The van der Waals surface area contributed by atoms with Crippen LogP contribution in [0.3, 0.4) is 0 Å². The van der Waals surface area contributed by atoms with E-state index in [0.717, 1.165) is 39.0 Å². The summed E-state index contributed by atoms with van der Waals surface area (Å²) < 4.78 is 5.30. The molecule has 1 aliphatic heterocycles. The van der Waals surface area contributed by atoms with Crippen molar-refractivity contribution >= 4 is 54.3 Å². The van der Waals surface area contributed by atoms with Gasteiger partial charge in [0, 0.05) is 0 Å². The van der Waals surface area contributed by atoms with E-state index in [0.29, 0.717) is 0 Å². The van der Waals surface area contributed by atoms with Gasteiger partial charge in [-0.3, -0.25) is 0 Å². The van der Waals surface area contributed by atoms with Crippen molar-refractivity contribution in [2.75, 3.05) is 0 Å². The fourth-order valence-corrected chi connectivity index (χ4v) is 10.4. The average Bonchev–Trinajstić information content (AvgIpc) is 3.65. The SMILES string of the molecule is c1ccc(-c2nc(-n3c4ccccc4c4c5ccccc5c5c(c43)[I-]c3ccccc3-5)nc3c2ccc2ccccc23)cc1. The third-order valence-corrected chi connectivity index (χ3v) is 12.0. The van der Waals surface area contributed by atoms with Crippen LogP contribution in [0.25, 0.3) is 82.6 Å². The molecule has 0 saturated heterocycles. The van der Waals surface area contributed by atoms with Crippen LogP contribution in [-0.4, -0.2) is 14.5 Å². The van der Waals surface area contributed by atoms with E-state index >= 15 is 0 Å². The van der Waals surface area contributed by atoms with E-state index in [4.69, 9.17) is 9.97 Å². The number of benzene rings is 7. The molecule has 3 heterocycles. The van der Waals surface area contributed by atoms with Gasteiger partial charge >= 0.3 is 265 Å². The van der Waals surface area contributed by atoms with Gasteiger partial charge in [0.2, 0.25) is 0 Å². The van der Waals surface area contributed by atoms with Crippen molar-refractivity contribution < 1.29 is 21.2 Å². The number of hydrogen-bond donors (Lipinski definition) is 0. The van der Waals surface area contributed by atoms with E-state index < -0.39 is 21.2 Å². The number of aromatic nitrogens is 3. The normalized spacial score (nSPS) is 12.6. The summed E-state index contributed by atoms with van der Waals surface area (Å²) in [5.41, 5.74) is 8.18. The van der Waals surface area contributed by atoms with Gasteiger partial charge in [0.25, 0.3) is 0 Å². The first kappa shape index (κ1) is 24.4. The predicted molar refractivity (Wildman–Crippen MR) is 177 cm³/mol. The van der Waals surface area contributed by atoms with Gasteiger partial charge in [-0.25, -0.2) is 0 Å². The minimum absolute atomic E-state index is 0.414. The van der Waals surface area contributed by atoms with Gasteiger partial charge in [-0.2, -0.15) is 0 Å². The Labute approximate surface area is 263 Å². The molecule has 206 valence electrons. The van der Waals surface area contributed by atoms with Gasteiger partial charge in [-0.1, -0.05) is 0 Å². The van der Waals surface area contributed by atoms with Crippen LogP contribution < -0.4 is 21.2 Å². The molecular weight excluding hydrogens is 649 g/mol. The maximum absolute atomic E-state index is 5.45.